The van der Waals surface area contributed by atoms with Crippen LogP contribution in [0.25, 0.3) is 0 Å². The minimum Gasteiger partial charge on any atom is -0.508 e. The highest BCUT2D eigenvalue weighted by Gasteiger charge is 2.20. The molecule has 2 rings (SSSR count). The molecular weight excluding hydrogens is 226 g/mol. The van der Waals surface area contributed by atoms with Gasteiger partial charge >= 0.3 is 0 Å². The second kappa shape index (κ2) is 5.42. The molecule has 1 aromatic carbocycles. The molecule has 1 N–H and O–H groups in total. The fourth-order valence-electron chi connectivity index (χ4n) is 2.39. The van der Waals surface area contributed by atoms with Gasteiger partial charge < -0.3 is 10.0 Å². The lowest BCUT2D eigenvalue weighted by molar-refractivity contribution is 0.0760. The zero-order valence-corrected chi connectivity index (χ0v) is 11.1. The Morgan fingerprint density at radius 3 is 2.83 bits per heavy atom. The molecule has 1 aromatic rings. The minimum atomic E-state index is 0.0411. The first-order chi connectivity index (χ1) is 8.58. The van der Waals surface area contributed by atoms with E-state index in [4.69, 9.17) is 0 Å². The van der Waals surface area contributed by atoms with Crippen molar-refractivity contribution in [2.45, 2.75) is 33.1 Å². The molecule has 1 aliphatic heterocycles. The Labute approximate surface area is 108 Å². The van der Waals surface area contributed by atoms with E-state index in [0.717, 1.165) is 31.5 Å². The van der Waals surface area contributed by atoms with Crippen LogP contribution in [-0.4, -0.2) is 29.0 Å². The van der Waals surface area contributed by atoms with Gasteiger partial charge in [0, 0.05) is 18.7 Å². The largest absolute Gasteiger partial charge is 0.508 e. The van der Waals surface area contributed by atoms with Crippen molar-refractivity contribution in [1.82, 2.24) is 4.90 Å². The van der Waals surface area contributed by atoms with Crippen LogP contribution in [0.2, 0.25) is 0 Å². The van der Waals surface area contributed by atoms with Crippen LogP contribution in [0.4, 0.5) is 0 Å². The molecule has 1 atom stereocenters. The van der Waals surface area contributed by atoms with E-state index in [1.54, 1.807) is 18.2 Å². The molecule has 1 unspecified atom stereocenters. The maximum atomic E-state index is 12.3. The molecule has 3 heteroatoms. The molecule has 0 aromatic heterocycles. The van der Waals surface area contributed by atoms with Gasteiger partial charge in [0.05, 0.1) is 0 Å². The van der Waals surface area contributed by atoms with E-state index >= 15 is 0 Å². The lowest BCUT2D eigenvalue weighted by Crippen LogP contribution is -2.31. The molecule has 0 aliphatic carbocycles. The van der Waals surface area contributed by atoms with Crippen LogP contribution in [0.5, 0.6) is 5.75 Å². The average molecular weight is 247 g/mol. The first-order valence-corrected chi connectivity index (χ1v) is 6.67. The summed E-state index contributed by atoms with van der Waals surface area (Å²) in [6, 6.07) is 5.17. The normalized spacial score (nSPS) is 20.6. The maximum absolute atomic E-state index is 12.3. The third-order valence-corrected chi connectivity index (χ3v) is 3.76. The van der Waals surface area contributed by atoms with Crippen molar-refractivity contribution < 1.29 is 9.90 Å². The van der Waals surface area contributed by atoms with E-state index in [1.165, 1.54) is 6.42 Å². The van der Waals surface area contributed by atoms with E-state index in [1.807, 2.05) is 11.8 Å². The number of nitrogens with zero attached hydrogens (tertiary/aromatic N) is 1. The van der Waals surface area contributed by atoms with Gasteiger partial charge in [0.15, 0.2) is 0 Å². The molecule has 0 radical (unpaired) electrons. The molecule has 1 heterocycles. The molecule has 1 aliphatic rings. The Hall–Kier alpha value is -1.51. The first-order valence-electron chi connectivity index (χ1n) is 6.67. The number of aryl methyl sites for hydroxylation is 1. The van der Waals surface area contributed by atoms with Crippen LogP contribution in [0.3, 0.4) is 0 Å². The molecule has 0 spiro atoms. The minimum absolute atomic E-state index is 0.0411. The zero-order valence-electron chi connectivity index (χ0n) is 11.1. The van der Waals surface area contributed by atoms with Crippen LogP contribution in [-0.2, 0) is 0 Å². The molecule has 1 saturated heterocycles. The number of carbonyl (C=O) groups is 1. The van der Waals surface area contributed by atoms with E-state index in [2.05, 4.69) is 6.92 Å². The number of rotatable bonds is 1. The van der Waals surface area contributed by atoms with Crippen molar-refractivity contribution in [2.24, 2.45) is 5.92 Å². The Morgan fingerprint density at radius 2 is 2.11 bits per heavy atom. The lowest BCUT2D eigenvalue weighted by Gasteiger charge is -2.20. The molecule has 1 fully saturated rings. The number of likely N-dealkylation sites (tertiary alicyclic amines) is 1. The fraction of sp³-hybridized carbons (Fsp3) is 0.533. The summed E-state index contributed by atoms with van der Waals surface area (Å²) in [7, 11) is 0. The van der Waals surface area contributed by atoms with E-state index < -0.39 is 0 Å². The number of amides is 1. The van der Waals surface area contributed by atoms with Gasteiger partial charge in [-0.3, -0.25) is 4.79 Å². The Kier molecular flexibility index (Phi) is 3.90. The molecule has 1 amide bonds. The van der Waals surface area contributed by atoms with Crippen molar-refractivity contribution in [3.63, 3.8) is 0 Å². The summed E-state index contributed by atoms with van der Waals surface area (Å²) in [5.41, 5.74) is 1.39. The number of benzene rings is 1. The summed E-state index contributed by atoms with van der Waals surface area (Å²) in [4.78, 5) is 14.2. The third kappa shape index (κ3) is 2.84. The van der Waals surface area contributed by atoms with Crippen molar-refractivity contribution in [1.29, 1.82) is 0 Å². The number of hydrogen-bond acceptors (Lipinski definition) is 2. The summed E-state index contributed by atoms with van der Waals surface area (Å²) in [5, 5.41) is 9.67. The van der Waals surface area contributed by atoms with Crippen LogP contribution in [0.15, 0.2) is 18.2 Å². The highest BCUT2D eigenvalue weighted by atomic mass is 16.3. The smallest absolute Gasteiger partial charge is 0.253 e. The number of aromatic hydroxyl groups is 1. The van der Waals surface area contributed by atoms with E-state index in [9.17, 15) is 9.90 Å². The molecule has 0 saturated carbocycles. The van der Waals surface area contributed by atoms with Crippen LogP contribution in [0, 0.1) is 12.8 Å². The topological polar surface area (TPSA) is 40.5 Å². The van der Waals surface area contributed by atoms with Crippen molar-refractivity contribution in [3.8, 4) is 5.75 Å². The molecule has 98 valence electrons. The van der Waals surface area contributed by atoms with Crippen LogP contribution >= 0.6 is 0 Å². The fourth-order valence-corrected chi connectivity index (χ4v) is 2.39. The molecular formula is C15H21NO2. The van der Waals surface area contributed by atoms with Crippen LogP contribution < -0.4 is 0 Å². The average Bonchev–Trinajstić information content (AvgIpc) is 2.57. The lowest BCUT2D eigenvalue weighted by atomic mass is 10.0. The second-order valence-electron chi connectivity index (χ2n) is 5.33. The molecule has 3 nitrogen and oxygen atoms in total. The van der Waals surface area contributed by atoms with Crippen LogP contribution in [0.1, 0.15) is 42.1 Å². The van der Waals surface area contributed by atoms with Gasteiger partial charge in [0.1, 0.15) is 5.75 Å². The predicted molar refractivity (Wildman–Crippen MR) is 71.8 cm³/mol. The quantitative estimate of drug-likeness (QED) is 0.828. The van der Waals surface area contributed by atoms with Gasteiger partial charge in [0.2, 0.25) is 0 Å². The Bertz CT molecular complexity index is 442. The van der Waals surface area contributed by atoms with Gasteiger partial charge in [-0.2, -0.15) is 0 Å². The van der Waals surface area contributed by atoms with Gasteiger partial charge in [-0.05, 0) is 49.8 Å². The number of hydrogen-bond donors (Lipinski definition) is 1. The maximum Gasteiger partial charge on any atom is 0.253 e. The van der Waals surface area contributed by atoms with Crippen molar-refractivity contribution in [2.75, 3.05) is 13.1 Å². The van der Waals surface area contributed by atoms with Crippen molar-refractivity contribution >= 4 is 5.91 Å². The summed E-state index contributed by atoms with van der Waals surface area (Å²) in [6.45, 7) is 5.73. The monoisotopic (exact) mass is 247 g/mol. The predicted octanol–water partition coefficient (Wildman–Crippen LogP) is 2.96. The first kappa shape index (κ1) is 12.9. The van der Waals surface area contributed by atoms with Gasteiger partial charge in [-0.1, -0.05) is 13.0 Å². The van der Waals surface area contributed by atoms with Gasteiger partial charge in [-0.25, -0.2) is 0 Å². The molecule has 0 bridgehead atoms. The summed E-state index contributed by atoms with van der Waals surface area (Å²) < 4.78 is 0. The van der Waals surface area contributed by atoms with E-state index in [-0.39, 0.29) is 11.7 Å². The number of carbonyl (C=O) groups excluding carboxylic acids is 1. The second-order valence-corrected chi connectivity index (χ2v) is 5.33. The van der Waals surface area contributed by atoms with E-state index in [0.29, 0.717) is 11.5 Å². The summed E-state index contributed by atoms with van der Waals surface area (Å²) >= 11 is 0. The Morgan fingerprint density at radius 1 is 1.33 bits per heavy atom. The summed E-state index contributed by atoms with van der Waals surface area (Å²) in [5.74, 6) is 0.942. The third-order valence-electron chi connectivity index (χ3n) is 3.76. The zero-order chi connectivity index (χ0) is 13.1. The standard InChI is InChI=1S/C15H21NO2/c1-11-4-3-8-16(9-7-11)15(18)13-6-5-12(2)14(17)10-13/h5-6,10-11,17H,3-4,7-9H2,1-2H3. The van der Waals surface area contributed by atoms with Gasteiger partial charge in [0.25, 0.3) is 5.91 Å². The van der Waals surface area contributed by atoms with Crippen molar-refractivity contribution in [3.05, 3.63) is 29.3 Å². The number of phenols is 1. The number of phenolic OH excluding ortho intramolecular Hbond substituents is 1. The molecule has 18 heavy (non-hydrogen) atoms. The summed E-state index contributed by atoms with van der Waals surface area (Å²) in [6.07, 6.45) is 3.34. The highest BCUT2D eigenvalue weighted by Crippen LogP contribution is 2.21. The highest BCUT2D eigenvalue weighted by molar-refractivity contribution is 5.94. The SMILES string of the molecule is Cc1ccc(C(=O)N2CCCC(C)CC2)cc1O. The van der Waals surface area contributed by atoms with Gasteiger partial charge in [-0.15, -0.1) is 0 Å². The Balaban J connectivity index is 2.12.